The van der Waals surface area contributed by atoms with Crippen LogP contribution in [0.15, 0.2) is 42.4 Å². The lowest BCUT2D eigenvalue weighted by Crippen LogP contribution is -2.43. The summed E-state index contributed by atoms with van der Waals surface area (Å²) < 4.78 is 49.0. The molecule has 2 aromatic heterocycles. The average molecular weight is 483 g/mol. The third-order valence-electron chi connectivity index (χ3n) is 6.53. The van der Waals surface area contributed by atoms with Gasteiger partial charge in [0.15, 0.2) is 5.69 Å². The first-order valence-corrected chi connectivity index (χ1v) is 11.6. The number of pyridine rings is 1. The lowest BCUT2D eigenvalue weighted by Gasteiger charge is -2.35. The molecule has 0 amide bonds. The molecule has 5 rings (SSSR count). The molecule has 4 heterocycles. The van der Waals surface area contributed by atoms with E-state index in [9.17, 15) is 18.4 Å². The van der Waals surface area contributed by atoms with Crippen LogP contribution < -0.4 is 4.74 Å². The first-order valence-electron chi connectivity index (χ1n) is 11.6. The van der Waals surface area contributed by atoms with E-state index in [1.54, 1.807) is 30.1 Å². The molecule has 0 aliphatic carbocycles. The van der Waals surface area contributed by atoms with E-state index in [-0.39, 0.29) is 29.3 Å². The summed E-state index contributed by atoms with van der Waals surface area (Å²) in [7, 11) is 1.75. The van der Waals surface area contributed by atoms with Crippen molar-refractivity contribution in [3.8, 4) is 23.1 Å². The van der Waals surface area contributed by atoms with Gasteiger partial charge >= 0.3 is 6.18 Å². The van der Waals surface area contributed by atoms with Crippen molar-refractivity contribution in [1.82, 2.24) is 24.3 Å². The summed E-state index contributed by atoms with van der Waals surface area (Å²) in [4.78, 5) is 13.1. The number of rotatable bonds is 6. The van der Waals surface area contributed by atoms with Crippen molar-refractivity contribution in [3.05, 3.63) is 53.6 Å². The van der Waals surface area contributed by atoms with Crippen LogP contribution in [-0.4, -0.2) is 63.7 Å². The second-order valence-electron chi connectivity index (χ2n) is 8.85. The molecule has 0 saturated carbocycles. The highest BCUT2D eigenvalue weighted by atomic mass is 19.4. The summed E-state index contributed by atoms with van der Waals surface area (Å²) >= 11 is 0. The van der Waals surface area contributed by atoms with E-state index >= 15 is 0 Å². The molecule has 1 saturated heterocycles. The van der Waals surface area contributed by atoms with E-state index in [1.807, 2.05) is 6.07 Å². The average Bonchev–Trinajstić information content (AvgIpc) is 3.47. The third kappa shape index (κ3) is 4.68. The fourth-order valence-electron chi connectivity index (χ4n) is 4.70. The monoisotopic (exact) mass is 482 g/mol. The van der Waals surface area contributed by atoms with Crippen molar-refractivity contribution < 1.29 is 17.9 Å². The van der Waals surface area contributed by atoms with Gasteiger partial charge in [0.25, 0.3) is 0 Å². The van der Waals surface area contributed by atoms with Crippen molar-refractivity contribution in [2.24, 2.45) is 7.05 Å². The standard InChI is InChI=1S/C25H25F3N6O/c1-32-16-30-24-21(14-29)31-20(13-22(24)32)17-5-6-23(19(12-17)25(26,27)28)35-11-3-7-33-9-10-34-8-2-4-18(34)15-33/h4-6,12-13,16H,2-3,7-11,15H2,1H3. The number of benzene rings is 1. The molecule has 182 valence electrons. The molecular formula is C25H25F3N6O. The molecule has 1 aromatic carbocycles. The quantitative estimate of drug-likeness (QED) is 0.491. The number of imidazole rings is 1. The lowest BCUT2D eigenvalue weighted by atomic mass is 10.1. The topological polar surface area (TPSA) is 70.2 Å². The van der Waals surface area contributed by atoms with Crippen molar-refractivity contribution in [1.29, 1.82) is 5.26 Å². The van der Waals surface area contributed by atoms with Crippen molar-refractivity contribution in [2.45, 2.75) is 19.0 Å². The molecule has 10 heteroatoms. The number of nitrogens with zero attached hydrogens (tertiary/aromatic N) is 6. The third-order valence-corrected chi connectivity index (χ3v) is 6.53. The van der Waals surface area contributed by atoms with Crippen LogP contribution in [0, 0.1) is 11.3 Å². The number of fused-ring (bicyclic) bond motifs is 2. The summed E-state index contributed by atoms with van der Waals surface area (Å²) in [5.74, 6) is -0.202. The van der Waals surface area contributed by atoms with Crippen LogP contribution in [0.2, 0.25) is 0 Å². The number of hydrogen-bond acceptors (Lipinski definition) is 6. The van der Waals surface area contributed by atoms with Crippen LogP contribution in [-0.2, 0) is 13.2 Å². The van der Waals surface area contributed by atoms with E-state index in [2.05, 4.69) is 25.8 Å². The number of aryl methyl sites for hydroxylation is 1. The van der Waals surface area contributed by atoms with Crippen molar-refractivity contribution in [3.63, 3.8) is 0 Å². The minimum Gasteiger partial charge on any atom is -0.493 e. The summed E-state index contributed by atoms with van der Waals surface area (Å²) in [5, 5.41) is 9.43. The van der Waals surface area contributed by atoms with Gasteiger partial charge in [-0.2, -0.15) is 18.4 Å². The van der Waals surface area contributed by atoms with Crippen LogP contribution in [0.25, 0.3) is 22.3 Å². The maximum atomic E-state index is 13.9. The van der Waals surface area contributed by atoms with Crippen LogP contribution in [0.5, 0.6) is 5.75 Å². The number of hydrogen-bond donors (Lipinski definition) is 0. The maximum absolute atomic E-state index is 13.9. The van der Waals surface area contributed by atoms with E-state index in [1.165, 1.54) is 11.8 Å². The first kappa shape index (κ1) is 23.2. The van der Waals surface area contributed by atoms with Crippen LogP contribution in [0.4, 0.5) is 13.2 Å². The molecule has 0 unspecified atom stereocenters. The van der Waals surface area contributed by atoms with Crippen LogP contribution >= 0.6 is 0 Å². The molecule has 0 atom stereocenters. The number of alkyl halides is 3. The zero-order valence-electron chi connectivity index (χ0n) is 19.3. The van der Waals surface area contributed by atoms with Crippen molar-refractivity contribution >= 4 is 11.0 Å². The second kappa shape index (κ2) is 9.23. The smallest absolute Gasteiger partial charge is 0.419 e. The van der Waals surface area contributed by atoms with Gasteiger partial charge in [-0.1, -0.05) is 6.08 Å². The van der Waals surface area contributed by atoms with Gasteiger partial charge < -0.3 is 14.2 Å². The fraction of sp³-hybridized carbons (Fsp3) is 0.400. The maximum Gasteiger partial charge on any atom is 0.419 e. The normalized spacial score (nSPS) is 16.3. The zero-order chi connectivity index (χ0) is 24.6. The Balaban J connectivity index is 1.31. The minimum absolute atomic E-state index is 0.0705. The number of ether oxygens (including phenoxy) is 1. The Morgan fingerprint density at radius 3 is 2.83 bits per heavy atom. The fourth-order valence-corrected chi connectivity index (χ4v) is 4.70. The van der Waals surface area contributed by atoms with E-state index in [4.69, 9.17) is 4.74 Å². The highest BCUT2D eigenvalue weighted by Gasteiger charge is 2.35. The van der Waals surface area contributed by atoms with Crippen LogP contribution in [0.3, 0.4) is 0 Å². The number of halogens is 3. The summed E-state index contributed by atoms with van der Waals surface area (Å²) in [6.07, 6.45) is 0.938. The van der Waals surface area contributed by atoms with Crippen molar-refractivity contribution in [2.75, 3.05) is 39.3 Å². The van der Waals surface area contributed by atoms with E-state index in [0.717, 1.165) is 45.2 Å². The molecule has 0 radical (unpaired) electrons. The molecule has 2 aliphatic heterocycles. The molecule has 35 heavy (non-hydrogen) atoms. The second-order valence-corrected chi connectivity index (χ2v) is 8.85. The minimum atomic E-state index is -4.59. The Morgan fingerprint density at radius 1 is 1.17 bits per heavy atom. The molecule has 3 aromatic rings. The summed E-state index contributed by atoms with van der Waals surface area (Å²) in [6.45, 7) is 4.90. The van der Waals surface area contributed by atoms with E-state index < -0.39 is 11.7 Å². The van der Waals surface area contributed by atoms with Gasteiger partial charge in [-0.3, -0.25) is 4.90 Å². The predicted octanol–water partition coefficient (Wildman–Crippen LogP) is 4.20. The Labute approximate surface area is 201 Å². The summed E-state index contributed by atoms with van der Waals surface area (Å²) in [5.41, 5.74) is 2.13. The lowest BCUT2D eigenvalue weighted by molar-refractivity contribution is -0.138. The molecule has 0 spiro atoms. The van der Waals surface area contributed by atoms with Gasteiger partial charge in [-0.25, -0.2) is 9.97 Å². The zero-order valence-corrected chi connectivity index (χ0v) is 19.3. The molecule has 0 bridgehead atoms. The van der Waals surface area contributed by atoms with E-state index in [0.29, 0.717) is 17.5 Å². The SMILES string of the molecule is Cn1cnc2c(C#N)nc(-c3ccc(OCCCN4CCN5CCC=C5C4)c(C(F)(F)F)c3)cc21. The first-order chi connectivity index (χ1) is 16.8. The van der Waals surface area contributed by atoms with Gasteiger partial charge in [0, 0.05) is 51.0 Å². The highest BCUT2D eigenvalue weighted by molar-refractivity contribution is 5.84. The van der Waals surface area contributed by atoms with Gasteiger partial charge in [0.05, 0.1) is 29.7 Å². The Morgan fingerprint density at radius 2 is 2.03 bits per heavy atom. The van der Waals surface area contributed by atoms with Gasteiger partial charge in [-0.05, 0) is 37.1 Å². The van der Waals surface area contributed by atoms with Gasteiger partial charge in [-0.15, -0.1) is 0 Å². The molecule has 1 fully saturated rings. The predicted molar refractivity (Wildman–Crippen MR) is 124 cm³/mol. The largest absolute Gasteiger partial charge is 0.493 e. The molecule has 7 nitrogen and oxygen atoms in total. The Bertz CT molecular complexity index is 1320. The number of piperazine rings is 1. The highest BCUT2D eigenvalue weighted by Crippen LogP contribution is 2.39. The van der Waals surface area contributed by atoms with Gasteiger partial charge in [0.2, 0.25) is 0 Å². The molecule has 2 aliphatic rings. The number of aromatic nitrogens is 3. The molecule has 0 N–H and O–H groups in total. The Hall–Kier alpha value is -3.58. The summed E-state index contributed by atoms with van der Waals surface area (Å²) in [6, 6.07) is 7.53. The van der Waals surface area contributed by atoms with Gasteiger partial charge in [0.1, 0.15) is 17.3 Å². The molecular weight excluding hydrogens is 457 g/mol. The Kier molecular flexibility index (Phi) is 6.11. The number of nitriles is 1. The van der Waals surface area contributed by atoms with Crippen LogP contribution in [0.1, 0.15) is 24.1 Å².